The third-order valence-electron chi connectivity index (χ3n) is 3.54. The van der Waals surface area contributed by atoms with Crippen LogP contribution in [-0.4, -0.2) is 27.0 Å². The van der Waals surface area contributed by atoms with Crippen molar-refractivity contribution in [2.24, 2.45) is 0 Å². The highest BCUT2D eigenvalue weighted by atomic mass is 32.1. The van der Waals surface area contributed by atoms with E-state index in [4.69, 9.17) is 4.42 Å². The summed E-state index contributed by atoms with van der Waals surface area (Å²) in [6.45, 7) is 8.21. The molecule has 0 aliphatic heterocycles. The first-order valence-electron chi connectivity index (χ1n) is 7.32. The van der Waals surface area contributed by atoms with Crippen LogP contribution in [0.5, 0.6) is 0 Å². The first-order valence-corrected chi connectivity index (χ1v) is 8.13. The topological polar surface area (TPSA) is 89.2 Å². The minimum Gasteiger partial charge on any atom is -0.420 e. The van der Waals surface area contributed by atoms with Gasteiger partial charge in [0.15, 0.2) is 0 Å². The Hall–Kier alpha value is -2.61. The highest BCUT2D eigenvalue weighted by Crippen LogP contribution is 2.45. The fourth-order valence-electron chi connectivity index (χ4n) is 2.71. The van der Waals surface area contributed by atoms with Crippen LogP contribution in [0.25, 0.3) is 21.0 Å². The number of amides is 2. The van der Waals surface area contributed by atoms with E-state index in [1.807, 2.05) is 19.9 Å². The molecule has 3 rings (SSSR count). The molecule has 7 nitrogen and oxygen atoms in total. The number of aromatic nitrogens is 3. The molecule has 0 N–H and O–H groups in total. The van der Waals surface area contributed by atoms with E-state index in [0.29, 0.717) is 16.5 Å². The molecule has 8 heteroatoms. The molecule has 0 aromatic carbocycles. The molecule has 2 amide bonds. The summed E-state index contributed by atoms with van der Waals surface area (Å²) in [6, 6.07) is 1.92. The van der Waals surface area contributed by atoms with Crippen LogP contribution < -0.4 is 4.90 Å². The molecule has 0 bridgehead atoms. The van der Waals surface area contributed by atoms with E-state index >= 15 is 0 Å². The Labute approximate surface area is 142 Å². The van der Waals surface area contributed by atoms with Crippen molar-refractivity contribution >= 4 is 39.1 Å². The number of aryl methyl sites for hydroxylation is 3. The Balaban J connectivity index is 2.42. The SMILES string of the molecule is CC(=O)N(C(C)=O)c1c(-c2nnc(C)o2)sc2nc(C)cc(C)c12. The maximum Gasteiger partial charge on any atom is 0.259 e. The highest BCUT2D eigenvalue weighted by Gasteiger charge is 2.29. The lowest BCUT2D eigenvalue weighted by molar-refractivity contribution is -0.124. The minimum atomic E-state index is -0.375. The Kier molecular flexibility index (Phi) is 3.92. The fourth-order valence-corrected chi connectivity index (χ4v) is 3.91. The molecule has 0 fully saturated rings. The van der Waals surface area contributed by atoms with Crippen LogP contribution in [0.3, 0.4) is 0 Å². The Bertz CT molecular complexity index is 959. The van der Waals surface area contributed by atoms with Crippen molar-refractivity contribution in [1.82, 2.24) is 15.2 Å². The van der Waals surface area contributed by atoms with Gasteiger partial charge >= 0.3 is 0 Å². The van der Waals surface area contributed by atoms with Crippen LogP contribution >= 0.6 is 11.3 Å². The summed E-state index contributed by atoms with van der Waals surface area (Å²) >= 11 is 1.33. The maximum atomic E-state index is 12.1. The summed E-state index contributed by atoms with van der Waals surface area (Å²) < 4.78 is 5.53. The lowest BCUT2D eigenvalue weighted by Crippen LogP contribution is -2.33. The second kappa shape index (κ2) is 5.79. The predicted molar refractivity (Wildman–Crippen MR) is 91.0 cm³/mol. The molecule has 0 saturated carbocycles. The van der Waals surface area contributed by atoms with Crippen LogP contribution in [-0.2, 0) is 9.59 Å². The average Bonchev–Trinajstić information content (AvgIpc) is 3.02. The molecule has 0 saturated heterocycles. The van der Waals surface area contributed by atoms with Crippen LogP contribution in [0.2, 0.25) is 0 Å². The van der Waals surface area contributed by atoms with E-state index in [0.717, 1.165) is 26.4 Å². The van der Waals surface area contributed by atoms with Crippen molar-refractivity contribution in [3.05, 3.63) is 23.2 Å². The Morgan fingerprint density at radius 2 is 1.79 bits per heavy atom. The summed E-state index contributed by atoms with van der Waals surface area (Å²) in [5.41, 5.74) is 2.25. The van der Waals surface area contributed by atoms with Crippen LogP contribution in [0.15, 0.2) is 10.5 Å². The maximum absolute atomic E-state index is 12.1. The van der Waals surface area contributed by atoms with Crippen LogP contribution in [0, 0.1) is 20.8 Å². The largest absolute Gasteiger partial charge is 0.420 e. The lowest BCUT2D eigenvalue weighted by Gasteiger charge is -2.18. The summed E-state index contributed by atoms with van der Waals surface area (Å²) in [5, 5.41) is 8.64. The number of pyridine rings is 1. The smallest absolute Gasteiger partial charge is 0.259 e. The number of carbonyl (C=O) groups is 2. The third kappa shape index (κ3) is 2.58. The number of fused-ring (bicyclic) bond motifs is 1. The van der Waals surface area contributed by atoms with Crippen molar-refractivity contribution in [3.8, 4) is 10.8 Å². The summed E-state index contributed by atoms with van der Waals surface area (Å²) in [7, 11) is 0. The molecule has 124 valence electrons. The molecule has 0 radical (unpaired) electrons. The quantitative estimate of drug-likeness (QED) is 0.709. The number of hydrogen-bond acceptors (Lipinski definition) is 7. The molecule has 3 heterocycles. The monoisotopic (exact) mass is 344 g/mol. The van der Waals surface area contributed by atoms with Gasteiger partial charge in [-0.25, -0.2) is 9.88 Å². The van der Waals surface area contributed by atoms with Crippen molar-refractivity contribution in [1.29, 1.82) is 0 Å². The molecule has 3 aromatic heterocycles. The molecule has 0 aliphatic carbocycles. The second-order valence-corrected chi connectivity index (χ2v) is 6.54. The van der Waals surface area contributed by atoms with Gasteiger partial charge in [-0.3, -0.25) is 9.59 Å². The first kappa shape index (κ1) is 16.3. The van der Waals surface area contributed by atoms with E-state index in [9.17, 15) is 9.59 Å². The molecule has 0 aliphatic rings. The number of nitrogens with zero attached hydrogens (tertiary/aromatic N) is 4. The second-order valence-electron chi connectivity index (χ2n) is 5.54. The van der Waals surface area contributed by atoms with Gasteiger partial charge in [0, 0.05) is 31.9 Å². The molecular weight excluding hydrogens is 328 g/mol. The molecule has 24 heavy (non-hydrogen) atoms. The number of rotatable bonds is 2. The molecule has 0 spiro atoms. The zero-order valence-corrected chi connectivity index (χ0v) is 14.8. The van der Waals surface area contributed by atoms with Gasteiger partial charge in [0.05, 0.1) is 5.69 Å². The molecular formula is C16H16N4O3S. The van der Waals surface area contributed by atoms with E-state index in [2.05, 4.69) is 15.2 Å². The average molecular weight is 344 g/mol. The molecule has 0 atom stereocenters. The summed E-state index contributed by atoms with van der Waals surface area (Å²) in [4.78, 5) is 31.2. The minimum absolute atomic E-state index is 0.273. The van der Waals surface area contributed by atoms with Crippen molar-refractivity contribution in [2.45, 2.75) is 34.6 Å². The van der Waals surface area contributed by atoms with E-state index < -0.39 is 0 Å². The van der Waals surface area contributed by atoms with Gasteiger partial charge in [-0.1, -0.05) is 0 Å². The normalized spacial score (nSPS) is 11.0. The van der Waals surface area contributed by atoms with Crippen molar-refractivity contribution in [3.63, 3.8) is 0 Å². The van der Waals surface area contributed by atoms with Gasteiger partial charge in [-0.2, -0.15) is 0 Å². The summed E-state index contributed by atoms with van der Waals surface area (Å²) in [5.74, 6) is -0.0687. The zero-order chi connectivity index (χ0) is 17.6. The van der Waals surface area contributed by atoms with E-state index in [1.165, 1.54) is 25.2 Å². The first-order chi connectivity index (χ1) is 11.3. The van der Waals surface area contributed by atoms with Gasteiger partial charge in [0.25, 0.3) is 5.89 Å². The molecule has 3 aromatic rings. The molecule has 0 unspecified atom stereocenters. The van der Waals surface area contributed by atoms with Crippen LogP contribution in [0.1, 0.15) is 31.0 Å². The highest BCUT2D eigenvalue weighted by molar-refractivity contribution is 7.22. The lowest BCUT2D eigenvalue weighted by atomic mass is 10.1. The fraction of sp³-hybridized carbons (Fsp3) is 0.312. The van der Waals surface area contributed by atoms with Crippen molar-refractivity contribution < 1.29 is 14.0 Å². The van der Waals surface area contributed by atoms with Gasteiger partial charge in [-0.15, -0.1) is 21.5 Å². The Morgan fingerprint density at radius 1 is 1.12 bits per heavy atom. The van der Waals surface area contributed by atoms with E-state index in [1.54, 1.807) is 6.92 Å². The zero-order valence-electron chi connectivity index (χ0n) is 14.0. The van der Waals surface area contributed by atoms with Gasteiger partial charge < -0.3 is 4.42 Å². The third-order valence-corrected chi connectivity index (χ3v) is 4.60. The number of hydrogen-bond donors (Lipinski definition) is 0. The van der Waals surface area contributed by atoms with Gasteiger partial charge in [-0.05, 0) is 25.5 Å². The summed E-state index contributed by atoms with van der Waals surface area (Å²) in [6.07, 6.45) is 0. The standard InChI is InChI=1S/C16H16N4O3S/c1-7-6-8(2)17-16-12(7)13(20(10(4)21)11(5)22)14(24-16)15-19-18-9(3)23-15/h6H,1-5H3. The van der Waals surface area contributed by atoms with Gasteiger partial charge in [0.1, 0.15) is 9.71 Å². The number of imide groups is 1. The number of thiophene rings is 1. The number of carbonyl (C=O) groups excluding carboxylic acids is 2. The van der Waals surface area contributed by atoms with Crippen LogP contribution in [0.4, 0.5) is 5.69 Å². The van der Waals surface area contributed by atoms with Crippen molar-refractivity contribution in [2.75, 3.05) is 4.90 Å². The van der Waals surface area contributed by atoms with Gasteiger partial charge in [0.2, 0.25) is 17.7 Å². The predicted octanol–water partition coefficient (Wildman–Crippen LogP) is 3.17. The number of anilines is 1. The van der Waals surface area contributed by atoms with E-state index in [-0.39, 0.29) is 17.7 Å². The Morgan fingerprint density at radius 3 is 2.33 bits per heavy atom.